The minimum atomic E-state index is -3.52. The lowest BCUT2D eigenvalue weighted by Gasteiger charge is -2.38. The van der Waals surface area contributed by atoms with Crippen molar-refractivity contribution < 1.29 is 23.7 Å². The summed E-state index contributed by atoms with van der Waals surface area (Å²) in [7, 11) is -3.52. The minimum Gasteiger partial charge on any atom is -0.392 e. The SMILES string of the molecule is CC(C)[C@@H]1c2nc3cc(CO)c(S(C)(=O)=O)cc3n2CCN1c1ncc(CO)c(CO)n1. The summed E-state index contributed by atoms with van der Waals surface area (Å²) < 4.78 is 26.5. The van der Waals surface area contributed by atoms with Gasteiger partial charge in [-0.25, -0.2) is 23.4 Å². The minimum absolute atomic E-state index is 0.106. The van der Waals surface area contributed by atoms with Gasteiger partial charge in [-0.1, -0.05) is 13.8 Å². The Morgan fingerprint density at radius 1 is 1.06 bits per heavy atom. The predicted octanol–water partition coefficient (Wildman–Crippen LogP) is 0.924. The second-order valence-electron chi connectivity index (χ2n) is 8.34. The third-order valence-corrected chi connectivity index (χ3v) is 7.02. The average molecular weight is 462 g/mol. The van der Waals surface area contributed by atoms with E-state index < -0.39 is 16.4 Å². The van der Waals surface area contributed by atoms with Crippen molar-refractivity contribution in [2.24, 2.45) is 5.92 Å². The summed E-state index contributed by atoms with van der Waals surface area (Å²) in [6.07, 6.45) is 2.65. The van der Waals surface area contributed by atoms with Gasteiger partial charge in [-0.15, -0.1) is 0 Å². The van der Waals surface area contributed by atoms with Crippen molar-refractivity contribution in [3.05, 3.63) is 41.0 Å². The lowest BCUT2D eigenvalue weighted by Crippen LogP contribution is -2.42. The van der Waals surface area contributed by atoms with Gasteiger partial charge in [-0.3, -0.25) is 0 Å². The van der Waals surface area contributed by atoms with Gasteiger partial charge >= 0.3 is 0 Å². The maximum Gasteiger partial charge on any atom is 0.226 e. The smallest absolute Gasteiger partial charge is 0.226 e. The van der Waals surface area contributed by atoms with Crippen LogP contribution in [0.2, 0.25) is 0 Å². The van der Waals surface area contributed by atoms with Gasteiger partial charge in [-0.2, -0.15) is 0 Å². The highest BCUT2D eigenvalue weighted by molar-refractivity contribution is 7.90. The molecule has 3 heterocycles. The van der Waals surface area contributed by atoms with Crippen molar-refractivity contribution >= 4 is 26.8 Å². The summed E-state index contributed by atoms with van der Waals surface area (Å²) in [4.78, 5) is 15.8. The number of hydrogen-bond acceptors (Lipinski definition) is 9. The van der Waals surface area contributed by atoms with Crippen molar-refractivity contribution in [2.45, 2.75) is 51.2 Å². The van der Waals surface area contributed by atoms with E-state index in [-0.39, 0.29) is 30.1 Å². The molecule has 0 saturated heterocycles. The van der Waals surface area contributed by atoms with E-state index in [0.29, 0.717) is 46.9 Å². The molecule has 172 valence electrons. The van der Waals surface area contributed by atoms with Crippen molar-refractivity contribution in [3.63, 3.8) is 0 Å². The molecule has 0 amide bonds. The van der Waals surface area contributed by atoms with E-state index >= 15 is 0 Å². The van der Waals surface area contributed by atoms with Crippen LogP contribution in [0.25, 0.3) is 11.0 Å². The third-order valence-electron chi connectivity index (χ3n) is 5.84. The Morgan fingerprint density at radius 2 is 1.78 bits per heavy atom. The van der Waals surface area contributed by atoms with Gasteiger partial charge in [0.2, 0.25) is 5.95 Å². The lowest BCUT2D eigenvalue weighted by molar-refractivity contribution is 0.255. The zero-order valence-corrected chi connectivity index (χ0v) is 19.0. The summed E-state index contributed by atoms with van der Waals surface area (Å²) in [5.74, 6) is 1.32. The van der Waals surface area contributed by atoms with Crippen LogP contribution in [0.1, 0.15) is 42.5 Å². The number of sulfone groups is 1. The summed E-state index contributed by atoms with van der Waals surface area (Å²) in [6.45, 7) is 4.26. The molecule has 1 aliphatic rings. The number of benzene rings is 1. The van der Waals surface area contributed by atoms with Crippen molar-refractivity contribution in [3.8, 4) is 0 Å². The van der Waals surface area contributed by atoms with E-state index in [1.807, 2.05) is 9.47 Å². The summed E-state index contributed by atoms with van der Waals surface area (Å²) in [5, 5.41) is 28.8. The van der Waals surface area contributed by atoms with Gasteiger partial charge in [-0.05, 0) is 23.6 Å². The molecule has 3 N–H and O–H groups in total. The molecule has 4 rings (SSSR count). The van der Waals surface area contributed by atoms with Gasteiger partial charge in [0.15, 0.2) is 9.84 Å². The zero-order valence-electron chi connectivity index (χ0n) is 18.2. The number of anilines is 1. The van der Waals surface area contributed by atoms with E-state index in [0.717, 1.165) is 12.1 Å². The van der Waals surface area contributed by atoms with Gasteiger partial charge in [0.25, 0.3) is 0 Å². The molecule has 0 saturated carbocycles. The van der Waals surface area contributed by atoms with Crippen molar-refractivity contribution in [1.29, 1.82) is 0 Å². The standard InChI is InChI=1S/C21H27N5O5S/c1-12(2)19-20-23-15-6-13(9-27)18(32(3,30)31)7-17(15)25(20)4-5-26(19)21-22-8-14(10-28)16(11-29)24-21/h6-8,12,19,27-29H,4-5,9-11H2,1-3H3/t19-/m1/s1. The topological polar surface area (TPSA) is 142 Å². The first kappa shape index (κ1) is 22.6. The predicted molar refractivity (Wildman–Crippen MR) is 118 cm³/mol. The Kier molecular flexibility index (Phi) is 5.93. The van der Waals surface area contributed by atoms with E-state index in [2.05, 4.69) is 23.8 Å². The van der Waals surface area contributed by atoms with E-state index in [4.69, 9.17) is 4.98 Å². The Morgan fingerprint density at radius 3 is 2.38 bits per heavy atom. The number of nitrogens with zero attached hydrogens (tertiary/aromatic N) is 5. The van der Waals surface area contributed by atoms with Crippen LogP contribution in [0.4, 0.5) is 5.95 Å². The van der Waals surface area contributed by atoms with Crippen LogP contribution in [0.5, 0.6) is 0 Å². The van der Waals surface area contributed by atoms with Crippen LogP contribution in [0.15, 0.2) is 23.2 Å². The van der Waals surface area contributed by atoms with Gasteiger partial charge in [0.1, 0.15) is 5.82 Å². The molecule has 0 spiro atoms. The number of hydrogen-bond donors (Lipinski definition) is 3. The molecule has 0 fully saturated rings. The first-order valence-electron chi connectivity index (χ1n) is 10.4. The maximum absolute atomic E-state index is 12.3. The molecule has 1 aliphatic heterocycles. The van der Waals surface area contributed by atoms with Crippen molar-refractivity contribution in [2.75, 3.05) is 17.7 Å². The first-order chi connectivity index (χ1) is 15.2. The third kappa shape index (κ3) is 3.75. The molecule has 0 aliphatic carbocycles. The van der Waals surface area contributed by atoms with Crippen LogP contribution in [0, 0.1) is 5.92 Å². The number of aliphatic hydroxyl groups excluding tert-OH is 3. The van der Waals surface area contributed by atoms with Crippen LogP contribution in [0.3, 0.4) is 0 Å². The largest absolute Gasteiger partial charge is 0.392 e. The lowest BCUT2D eigenvalue weighted by atomic mass is 10.00. The monoisotopic (exact) mass is 461 g/mol. The van der Waals surface area contributed by atoms with E-state index in [1.54, 1.807) is 12.1 Å². The summed E-state index contributed by atoms with van der Waals surface area (Å²) in [6, 6.07) is 3.03. The highest BCUT2D eigenvalue weighted by Gasteiger charge is 2.35. The fourth-order valence-corrected chi connectivity index (χ4v) is 5.28. The molecule has 1 atom stereocenters. The number of fused-ring (bicyclic) bond motifs is 3. The molecule has 0 unspecified atom stereocenters. The van der Waals surface area contributed by atoms with Crippen LogP contribution in [-0.4, -0.2) is 56.1 Å². The Balaban J connectivity index is 1.86. The number of aromatic nitrogens is 4. The highest BCUT2D eigenvalue weighted by atomic mass is 32.2. The second kappa shape index (κ2) is 8.39. The van der Waals surface area contributed by atoms with Crippen molar-refractivity contribution in [1.82, 2.24) is 19.5 Å². The fourth-order valence-electron chi connectivity index (χ4n) is 4.35. The van der Waals surface area contributed by atoms with Gasteiger partial charge in [0, 0.05) is 31.1 Å². The zero-order chi connectivity index (χ0) is 23.2. The summed E-state index contributed by atoms with van der Waals surface area (Å²) >= 11 is 0. The molecule has 2 aromatic heterocycles. The maximum atomic E-state index is 12.3. The quantitative estimate of drug-likeness (QED) is 0.488. The molecule has 32 heavy (non-hydrogen) atoms. The Labute approximate surface area is 186 Å². The molecule has 1 aromatic carbocycles. The molecule has 0 bridgehead atoms. The van der Waals surface area contributed by atoms with Gasteiger partial charge < -0.3 is 24.8 Å². The van der Waals surface area contributed by atoms with Gasteiger partial charge in [0.05, 0.1) is 47.5 Å². The number of rotatable bonds is 6. The molecule has 10 nitrogen and oxygen atoms in total. The molecule has 0 radical (unpaired) electrons. The first-order valence-corrected chi connectivity index (χ1v) is 12.3. The average Bonchev–Trinajstić information content (AvgIpc) is 3.13. The Bertz CT molecular complexity index is 1270. The highest BCUT2D eigenvalue weighted by Crippen LogP contribution is 2.37. The molecule has 3 aromatic rings. The Hall–Kier alpha value is -2.60. The molecule has 11 heteroatoms. The van der Waals surface area contributed by atoms with Crippen LogP contribution >= 0.6 is 0 Å². The normalized spacial score (nSPS) is 16.7. The molecular formula is C21H27N5O5S. The van der Waals surface area contributed by atoms with E-state index in [1.165, 1.54) is 6.20 Å². The van der Waals surface area contributed by atoms with Crippen LogP contribution in [-0.2, 0) is 36.2 Å². The number of aliphatic hydroxyl groups is 3. The van der Waals surface area contributed by atoms with Crippen LogP contribution < -0.4 is 4.90 Å². The second-order valence-corrected chi connectivity index (χ2v) is 10.3. The fraction of sp³-hybridized carbons (Fsp3) is 0.476. The number of imidazole rings is 1. The molecular weight excluding hydrogens is 434 g/mol. The van der Waals surface area contributed by atoms with E-state index in [9.17, 15) is 23.7 Å². The summed E-state index contributed by atoms with van der Waals surface area (Å²) in [5.41, 5.74) is 2.51.